The highest BCUT2D eigenvalue weighted by atomic mass is 19.4. The van der Waals surface area contributed by atoms with Crippen LogP contribution in [0, 0.1) is 17.0 Å². The molecule has 0 aliphatic heterocycles. The number of pyridine rings is 1. The molecule has 0 amide bonds. The molecule has 1 heterocycles. The van der Waals surface area contributed by atoms with Crippen LogP contribution in [-0.2, 0) is 16.0 Å². The molecule has 0 aliphatic rings. The van der Waals surface area contributed by atoms with Crippen LogP contribution in [0.4, 0.5) is 18.9 Å². The predicted molar refractivity (Wildman–Crippen MR) is 62.6 cm³/mol. The van der Waals surface area contributed by atoms with Crippen LogP contribution in [0.15, 0.2) is 6.20 Å². The minimum absolute atomic E-state index is 0.0703. The molecule has 0 atom stereocenters. The van der Waals surface area contributed by atoms with E-state index in [1.807, 2.05) is 0 Å². The molecule has 0 spiro atoms. The minimum atomic E-state index is -5.00. The summed E-state index contributed by atoms with van der Waals surface area (Å²) < 4.78 is 44.8. The van der Waals surface area contributed by atoms with Crippen LogP contribution in [0.1, 0.15) is 18.2 Å². The van der Waals surface area contributed by atoms with Gasteiger partial charge in [0, 0.05) is 0 Å². The number of carbonyl (C=O) groups is 1. The maximum Gasteiger partial charge on any atom is 0.573 e. The summed E-state index contributed by atoms with van der Waals surface area (Å²) in [6.45, 7) is 2.70. The van der Waals surface area contributed by atoms with Crippen molar-refractivity contribution in [3.63, 3.8) is 0 Å². The fourth-order valence-corrected chi connectivity index (χ4v) is 1.58. The Hall–Kier alpha value is -2.39. The van der Waals surface area contributed by atoms with E-state index in [9.17, 15) is 28.1 Å². The van der Waals surface area contributed by atoms with Crippen molar-refractivity contribution in [2.75, 3.05) is 6.61 Å². The average molecular weight is 308 g/mol. The number of rotatable bonds is 5. The van der Waals surface area contributed by atoms with E-state index in [2.05, 4.69) is 14.5 Å². The molecule has 0 aromatic carbocycles. The molecule has 1 aromatic heterocycles. The highest BCUT2D eigenvalue weighted by Gasteiger charge is 2.34. The van der Waals surface area contributed by atoms with Gasteiger partial charge in [-0.25, -0.2) is 4.98 Å². The van der Waals surface area contributed by atoms with E-state index in [1.165, 1.54) is 0 Å². The number of esters is 1. The molecular weight excluding hydrogens is 297 g/mol. The van der Waals surface area contributed by atoms with Crippen LogP contribution in [-0.4, -0.2) is 28.8 Å². The Balaban J connectivity index is 3.20. The third-order valence-corrected chi connectivity index (χ3v) is 2.36. The fourth-order valence-electron chi connectivity index (χ4n) is 1.58. The van der Waals surface area contributed by atoms with Crippen LogP contribution in [0.5, 0.6) is 5.75 Å². The number of hydrogen-bond acceptors (Lipinski definition) is 6. The van der Waals surface area contributed by atoms with Crippen LogP contribution in [0.3, 0.4) is 0 Å². The van der Waals surface area contributed by atoms with Crippen molar-refractivity contribution in [1.82, 2.24) is 4.98 Å². The molecule has 0 unspecified atom stereocenters. The number of carbonyl (C=O) groups excluding carboxylic acids is 1. The molecule has 0 aliphatic carbocycles. The summed E-state index contributed by atoms with van der Waals surface area (Å²) in [5.41, 5.74) is -1.36. The highest BCUT2D eigenvalue weighted by molar-refractivity contribution is 5.74. The van der Waals surface area contributed by atoms with Crippen LogP contribution in [0.25, 0.3) is 0 Å². The molecule has 1 aromatic rings. The van der Waals surface area contributed by atoms with Gasteiger partial charge < -0.3 is 9.47 Å². The van der Waals surface area contributed by atoms with Gasteiger partial charge in [-0.05, 0) is 13.8 Å². The lowest BCUT2D eigenvalue weighted by Crippen LogP contribution is -2.19. The molecule has 21 heavy (non-hydrogen) atoms. The van der Waals surface area contributed by atoms with Crippen molar-refractivity contribution >= 4 is 11.7 Å². The molecule has 0 saturated carbocycles. The molecule has 116 valence electrons. The molecule has 0 N–H and O–H groups in total. The molecule has 0 bridgehead atoms. The van der Waals surface area contributed by atoms with Gasteiger partial charge in [0.05, 0.1) is 29.7 Å². The fraction of sp³-hybridized carbons (Fsp3) is 0.455. The number of ether oxygens (including phenoxy) is 2. The van der Waals surface area contributed by atoms with Crippen molar-refractivity contribution in [3.8, 4) is 5.75 Å². The molecule has 0 radical (unpaired) electrons. The van der Waals surface area contributed by atoms with E-state index in [1.54, 1.807) is 6.92 Å². The van der Waals surface area contributed by atoms with Gasteiger partial charge in [-0.1, -0.05) is 0 Å². The Labute approximate surface area is 116 Å². The second-order valence-electron chi connectivity index (χ2n) is 3.83. The first-order valence-corrected chi connectivity index (χ1v) is 5.70. The standard InChI is InChI=1S/C11H11F3N2O5/c1-3-20-9(17)4-7-10(16(18)19)6(2)8(5-15-7)21-11(12,13)14/h5H,3-4H2,1-2H3. The second-order valence-corrected chi connectivity index (χ2v) is 3.83. The summed E-state index contributed by atoms with van der Waals surface area (Å²) >= 11 is 0. The van der Waals surface area contributed by atoms with Crippen LogP contribution in [0.2, 0.25) is 0 Å². The van der Waals surface area contributed by atoms with Gasteiger partial charge in [0.2, 0.25) is 0 Å². The topological polar surface area (TPSA) is 91.6 Å². The lowest BCUT2D eigenvalue weighted by molar-refractivity contribution is -0.386. The molecule has 0 saturated heterocycles. The molecular formula is C11H11F3N2O5. The van der Waals surface area contributed by atoms with E-state index in [-0.39, 0.29) is 17.9 Å². The van der Waals surface area contributed by atoms with Crippen LogP contribution < -0.4 is 4.74 Å². The zero-order valence-electron chi connectivity index (χ0n) is 11.1. The largest absolute Gasteiger partial charge is 0.573 e. The molecule has 0 fully saturated rings. The SMILES string of the molecule is CCOC(=O)Cc1ncc(OC(F)(F)F)c(C)c1[N+](=O)[O-]. The average Bonchev–Trinajstić information content (AvgIpc) is 2.31. The van der Waals surface area contributed by atoms with Crippen molar-refractivity contribution in [1.29, 1.82) is 0 Å². The smallest absolute Gasteiger partial charge is 0.466 e. The van der Waals surface area contributed by atoms with Gasteiger partial charge in [-0.3, -0.25) is 14.9 Å². The van der Waals surface area contributed by atoms with Gasteiger partial charge >= 0.3 is 12.3 Å². The van der Waals surface area contributed by atoms with Gasteiger partial charge in [-0.2, -0.15) is 0 Å². The van der Waals surface area contributed by atoms with Crippen molar-refractivity contribution < 1.29 is 32.4 Å². The highest BCUT2D eigenvalue weighted by Crippen LogP contribution is 2.33. The zero-order valence-corrected chi connectivity index (χ0v) is 11.1. The maximum absolute atomic E-state index is 12.2. The van der Waals surface area contributed by atoms with Crippen molar-refractivity contribution in [2.24, 2.45) is 0 Å². The quantitative estimate of drug-likeness (QED) is 0.471. The summed E-state index contributed by atoms with van der Waals surface area (Å²) in [4.78, 5) is 24.9. The number of aromatic nitrogens is 1. The summed E-state index contributed by atoms with van der Waals surface area (Å²) in [5.74, 6) is -1.56. The number of nitrogens with zero attached hydrogens (tertiary/aromatic N) is 2. The molecule has 1 rings (SSSR count). The Morgan fingerprint density at radius 1 is 1.48 bits per heavy atom. The summed E-state index contributed by atoms with van der Waals surface area (Å²) in [7, 11) is 0. The number of nitro groups is 1. The Morgan fingerprint density at radius 3 is 2.57 bits per heavy atom. The van der Waals surface area contributed by atoms with Gasteiger partial charge in [0.15, 0.2) is 5.75 Å². The maximum atomic E-state index is 12.2. The molecule has 10 heteroatoms. The van der Waals surface area contributed by atoms with Crippen molar-refractivity contribution in [3.05, 3.63) is 27.6 Å². The Kier molecular flexibility index (Phi) is 5.06. The Morgan fingerprint density at radius 2 is 2.10 bits per heavy atom. The van der Waals surface area contributed by atoms with E-state index in [0.29, 0.717) is 6.20 Å². The normalized spacial score (nSPS) is 11.1. The van der Waals surface area contributed by atoms with E-state index < -0.39 is 35.1 Å². The second kappa shape index (κ2) is 6.37. The number of hydrogen-bond donors (Lipinski definition) is 0. The van der Waals surface area contributed by atoms with Crippen LogP contribution >= 0.6 is 0 Å². The number of alkyl halides is 3. The Bertz CT molecular complexity index is 560. The third-order valence-electron chi connectivity index (χ3n) is 2.36. The van der Waals surface area contributed by atoms with Gasteiger partial charge in [0.25, 0.3) is 5.69 Å². The van der Waals surface area contributed by atoms with Crippen molar-refractivity contribution in [2.45, 2.75) is 26.6 Å². The lowest BCUT2D eigenvalue weighted by atomic mass is 10.1. The summed E-state index contributed by atoms with van der Waals surface area (Å²) in [6.07, 6.45) is -4.83. The summed E-state index contributed by atoms with van der Waals surface area (Å²) in [6, 6.07) is 0. The first kappa shape index (κ1) is 16.7. The molecule has 7 nitrogen and oxygen atoms in total. The van der Waals surface area contributed by atoms with E-state index >= 15 is 0 Å². The van der Waals surface area contributed by atoms with Gasteiger partial charge in [-0.15, -0.1) is 13.2 Å². The van der Waals surface area contributed by atoms with Gasteiger partial charge in [0.1, 0.15) is 5.69 Å². The minimum Gasteiger partial charge on any atom is -0.466 e. The number of halogens is 3. The lowest BCUT2D eigenvalue weighted by Gasteiger charge is -2.12. The predicted octanol–water partition coefficient (Wildman–Crippen LogP) is 2.30. The first-order chi connectivity index (χ1) is 9.65. The first-order valence-electron chi connectivity index (χ1n) is 5.70. The van der Waals surface area contributed by atoms with E-state index in [0.717, 1.165) is 6.92 Å². The van der Waals surface area contributed by atoms with E-state index in [4.69, 9.17) is 0 Å². The zero-order chi connectivity index (χ0) is 16.2. The monoisotopic (exact) mass is 308 g/mol. The summed E-state index contributed by atoms with van der Waals surface area (Å²) in [5, 5.41) is 11.0. The third kappa shape index (κ3) is 4.58.